The monoisotopic (exact) mass is 228 g/mol. The molecule has 5 heteroatoms. The Balaban J connectivity index is 3.22. The van der Waals surface area contributed by atoms with E-state index < -0.39 is 5.56 Å². The van der Waals surface area contributed by atoms with Crippen molar-refractivity contribution in [3.8, 4) is 17.7 Å². The highest BCUT2D eigenvalue weighted by Gasteiger charge is 2.01. The molecular weight excluding hydrogens is 224 g/mol. The zero-order valence-corrected chi connectivity index (χ0v) is 7.55. The van der Waals surface area contributed by atoms with Crippen molar-refractivity contribution in [2.24, 2.45) is 0 Å². The minimum atomic E-state index is -0.434. The Morgan fingerprint density at radius 1 is 1.75 bits per heavy atom. The molecule has 0 saturated heterocycles. The van der Waals surface area contributed by atoms with Crippen LogP contribution in [0.25, 0.3) is 0 Å². The van der Waals surface area contributed by atoms with Crippen molar-refractivity contribution in [3.63, 3.8) is 0 Å². The summed E-state index contributed by atoms with van der Waals surface area (Å²) >= 11 is 3.07. The predicted molar refractivity (Wildman–Crippen MR) is 47.2 cm³/mol. The molecule has 1 rings (SSSR count). The van der Waals surface area contributed by atoms with Gasteiger partial charge in [0, 0.05) is 0 Å². The number of nitrogens with one attached hydrogen (secondary N) is 1. The molecule has 4 nitrogen and oxygen atoms in total. The Hall–Kier alpha value is -1.28. The summed E-state index contributed by atoms with van der Waals surface area (Å²) in [5, 5.41) is 9.51. The SMILES string of the molecule is O=c1[nH]cnc(O)c1C#CCBr. The number of rotatable bonds is 0. The van der Waals surface area contributed by atoms with Gasteiger partial charge in [-0.15, -0.1) is 0 Å². The summed E-state index contributed by atoms with van der Waals surface area (Å²) in [6.45, 7) is 0. The van der Waals surface area contributed by atoms with E-state index in [0.717, 1.165) is 6.33 Å². The van der Waals surface area contributed by atoms with Crippen LogP contribution in [0.4, 0.5) is 0 Å². The highest BCUT2D eigenvalue weighted by molar-refractivity contribution is 9.09. The molecule has 0 aliphatic carbocycles. The molecule has 1 heterocycles. The van der Waals surface area contributed by atoms with Crippen molar-refractivity contribution >= 4 is 15.9 Å². The zero-order valence-electron chi connectivity index (χ0n) is 5.97. The first-order valence-electron chi connectivity index (χ1n) is 3.07. The Kier molecular flexibility index (Phi) is 2.88. The normalized spacial score (nSPS) is 8.75. The van der Waals surface area contributed by atoms with Gasteiger partial charge in [0.15, 0.2) is 5.56 Å². The Labute approximate surface area is 76.8 Å². The van der Waals surface area contributed by atoms with Gasteiger partial charge in [0.05, 0.1) is 11.7 Å². The number of nitrogens with zero attached hydrogens (tertiary/aromatic N) is 1. The van der Waals surface area contributed by atoms with Crippen LogP contribution < -0.4 is 5.56 Å². The van der Waals surface area contributed by atoms with Gasteiger partial charge in [0.25, 0.3) is 5.56 Å². The number of hydrogen-bond acceptors (Lipinski definition) is 3. The molecule has 0 fully saturated rings. The second-order valence-electron chi connectivity index (χ2n) is 1.87. The Morgan fingerprint density at radius 3 is 3.08 bits per heavy atom. The van der Waals surface area contributed by atoms with Crippen LogP contribution in [0.1, 0.15) is 5.56 Å². The van der Waals surface area contributed by atoms with E-state index in [1.54, 1.807) is 0 Å². The third kappa shape index (κ3) is 1.86. The number of aromatic nitrogens is 2. The molecule has 62 valence electrons. The number of alkyl halides is 1. The van der Waals surface area contributed by atoms with Gasteiger partial charge in [0.2, 0.25) is 5.88 Å². The summed E-state index contributed by atoms with van der Waals surface area (Å²) in [6.07, 6.45) is 1.12. The summed E-state index contributed by atoms with van der Waals surface area (Å²) in [7, 11) is 0. The van der Waals surface area contributed by atoms with Gasteiger partial charge < -0.3 is 10.1 Å². The van der Waals surface area contributed by atoms with Crippen LogP contribution in [-0.4, -0.2) is 20.4 Å². The van der Waals surface area contributed by atoms with Crippen molar-refractivity contribution in [2.75, 3.05) is 5.33 Å². The number of hydrogen-bond donors (Lipinski definition) is 2. The minimum Gasteiger partial charge on any atom is -0.492 e. The third-order valence-electron chi connectivity index (χ3n) is 1.11. The number of halogens is 1. The van der Waals surface area contributed by atoms with Crippen molar-refractivity contribution in [3.05, 3.63) is 22.2 Å². The molecule has 2 N–H and O–H groups in total. The summed E-state index contributed by atoms with van der Waals surface area (Å²) in [6, 6.07) is 0. The molecule has 0 aromatic carbocycles. The number of aromatic amines is 1. The Bertz CT molecular complexity index is 388. The van der Waals surface area contributed by atoms with E-state index in [1.807, 2.05) is 0 Å². The van der Waals surface area contributed by atoms with E-state index in [1.165, 1.54) is 0 Å². The van der Waals surface area contributed by atoms with Gasteiger partial charge in [-0.3, -0.25) is 4.79 Å². The van der Waals surface area contributed by atoms with Crippen molar-refractivity contribution in [1.82, 2.24) is 9.97 Å². The molecule has 0 radical (unpaired) electrons. The van der Waals surface area contributed by atoms with E-state index >= 15 is 0 Å². The molecule has 0 atom stereocenters. The second kappa shape index (κ2) is 3.93. The van der Waals surface area contributed by atoms with E-state index in [-0.39, 0.29) is 11.4 Å². The van der Waals surface area contributed by atoms with Crippen molar-refractivity contribution in [1.29, 1.82) is 0 Å². The quantitative estimate of drug-likeness (QED) is 0.494. The van der Waals surface area contributed by atoms with Crippen LogP contribution in [0, 0.1) is 11.8 Å². The topological polar surface area (TPSA) is 66.0 Å². The highest BCUT2D eigenvalue weighted by Crippen LogP contribution is 2.02. The lowest BCUT2D eigenvalue weighted by Crippen LogP contribution is -2.09. The molecule has 0 amide bonds. The van der Waals surface area contributed by atoms with E-state index in [0.29, 0.717) is 5.33 Å². The first-order valence-corrected chi connectivity index (χ1v) is 4.19. The van der Waals surface area contributed by atoms with Gasteiger partial charge in [0.1, 0.15) is 0 Å². The zero-order chi connectivity index (χ0) is 8.97. The van der Waals surface area contributed by atoms with Gasteiger partial charge in [-0.25, -0.2) is 4.98 Å². The first kappa shape index (κ1) is 8.81. The summed E-state index contributed by atoms with van der Waals surface area (Å²) < 4.78 is 0. The highest BCUT2D eigenvalue weighted by atomic mass is 79.9. The molecular formula is C7H5BrN2O2. The fraction of sp³-hybridized carbons (Fsp3) is 0.143. The predicted octanol–water partition coefficient (Wildman–Crippen LogP) is 0.222. The molecule has 0 bridgehead atoms. The fourth-order valence-corrected chi connectivity index (χ4v) is 0.765. The lowest BCUT2D eigenvalue weighted by atomic mass is 10.3. The van der Waals surface area contributed by atoms with E-state index in [4.69, 9.17) is 5.11 Å². The fourth-order valence-electron chi connectivity index (χ4n) is 0.625. The van der Waals surface area contributed by atoms with Crippen LogP contribution in [0.5, 0.6) is 5.88 Å². The molecule has 0 unspecified atom stereocenters. The average molecular weight is 229 g/mol. The molecule has 0 aliphatic heterocycles. The van der Waals surface area contributed by atoms with Crippen molar-refractivity contribution < 1.29 is 5.11 Å². The number of aromatic hydroxyl groups is 1. The largest absolute Gasteiger partial charge is 0.492 e. The molecule has 12 heavy (non-hydrogen) atoms. The summed E-state index contributed by atoms with van der Waals surface area (Å²) in [5.41, 5.74) is -0.437. The summed E-state index contributed by atoms with van der Waals surface area (Å²) in [5.74, 6) is 4.73. The molecule has 0 aliphatic rings. The van der Waals surface area contributed by atoms with Crippen LogP contribution in [-0.2, 0) is 0 Å². The van der Waals surface area contributed by atoms with Crippen LogP contribution in [0.3, 0.4) is 0 Å². The van der Waals surface area contributed by atoms with E-state index in [9.17, 15) is 4.79 Å². The molecule has 1 aromatic rings. The molecule has 0 spiro atoms. The Morgan fingerprint density at radius 2 is 2.50 bits per heavy atom. The molecule has 1 aromatic heterocycles. The minimum absolute atomic E-state index is 0.00282. The third-order valence-corrected chi connectivity index (χ3v) is 1.39. The van der Waals surface area contributed by atoms with E-state index in [2.05, 4.69) is 37.7 Å². The van der Waals surface area contributed by atoms with Crippen LogP contribution in [0.2, 0.25) is 0 Å². The van der Waals surface area contributed by atoms with Gasteiger partial charge in [-0.2, -0.15) is 0 Å². The van der Waals surface area contributed by atoms with Gasteiger partial charge in [-0.05, 0) is 0 Å². The van der Waals surface area contributed by atoms with Gasteiger partial charge >= 0.3 is 0 Å². The number of H-pyrrole nitrogens is 1. The average Bonchev–Trinajstić information content (AvgIpc) is 2.04. The lowest BCUT2D eigenvalue weighted by molar-refractivity contribution is 0.449. The first-order chi connectivity index (χ1) is 5.75. The molecule has 0 saturated carbocycles. The smallest absolute Gasteiger partial charge is 0.270 e. The maximum absolute atomic E-state index is 11.0. The second-order valence-corrected chi connectivity index (χ2v) is 2.43. The maximum atomic E-state index is 11.0. The van der Waals surface area contributed by atoms with Crippen molar-refractivity contribution in [2.45, 2.75) is 0 Å². The lowest BCUT2D eigenvalue weighted by Gasteiger charge is -1.91. The summed E-state index contributed by atoms with van der Waals surface area (Å²) in [4.78, 5) is 16.8. The standard InChI is InChI=1S/C7H5BrN2O2/c8-3-1-2-5-6(11)9-4-10-7(5)12/h4H,3H2,(H2,9,10,11,12). The van der Waals surface area contributed by atoms with Gasteiger partial charge in [-0.1, -0.05) is 27.8 Å². The van der Waals surface area contributed by atoms with Crippen LogP contribution in [0.15, 0.2) is 11.1 Å². The van der Waals surface area contributed by atoms with Crippen LogP contribution >= 0.6 is 15.9 Å². The maximum Gasteiger partial charge on any atom is 0.270 e.